The zero-order chi connectivity index (χ0) is 19.7. The minimum atomic E-state index is -1.94. The highest BCUT2D eigenvalue weighted by Crippen LogP contribution is 2.51. The van der Waals surface area contributed by atoms with Crippen LogP contribution in [-0.2, 0) is 14.0 Å². The van der Waals surface area contributed by atoms with E-state index in [-0.39, 0.29) is 41.0 Å². The molecule has 1 N–H and O–H groups in total. The molecule has 0 spiro atoms. The van der Waals surface area contributed by atoms with Gasteiger partial charge in [-0.15, -0.1) is 0 Å². The molecule has 2 heterocycles. The van der Waals surface area contributed by atoms with Gasteiger partial charge in [0.2, 0.25) is 5.91 Å². The van der Waals surface area contributed by atoms with E-state index in [4.69, 9.17) is 9.16 Å². The van der Waals surface area contributed by atoms with E-state index < -0.39 is 20.1 Å². The Labute approximate surface area is 159 Å². The number of carbonyl (C=O) groups is 1. The Balaban J connectivity index is 1.84. The summed E-state index contributed by atoms with van der Waals surface area (Å²) in [5, 5.41) is 10.6. The van der Waals surface area contributed by atoms with Crippen molar-refractivity contribution in [3.63, 3.8) is 0 Å². The lowest BCUT2D eigenvalue weighted by Gasteiger charge is -2.65. The predicted octanol–water partition coefficient (Wildman–Crippen LogP) is 3.52. The van der Waals surface area contributed by atoms with Crippen LogP contribution < -0.4 is 0 Å². The van der Waals surface area contributed by atoms with E-state index >= 15 is 0 Å². The van der Waals surface area contributed by atoms with Crippen molar-refractivity contribution in [3.8, 4) is 0 Å². The molecule has 0 radical (unpaired) electrons. The molecule has 3 unspecified atom stereocenters. The topological polar surface area (TPSA) is 59.0 Å². The molecular formula is C20H37NO4Si. The minimum Gasteiger partial charge on any atom is -0.413 e. The first-order valence-corrected chi connectivity index (χ1v) is 13.1. The maximum Gasteiger partial charge on any atom is 0.232 e. The Morgan fingerprint density at radius 3 is 2.50 bits per heavy atom. The molecule has 3 aliphatic rings. The van der Waals surface area contributed by atoms with Crippen molar-refractivity contribution in [2.75, 3.05) is 0 Å². The van der Waals surface area contributed by atoms with Crippen LogP contribution in [0.2, 0.25) is 18.1 Å². The van der Waals surface area contributed by atoms with Crippen LogP contribution in [0.3, 0.4) is 0 Å². The summed E-state index contributed by atoms with van der Waals surface area (Å²) < 4.78 is 12.8. The van der Waals surface area contributed by atoms with Gasteiger partial charge >= 0.3 is 0 Å². The summed E-state index contributed by atoms with van der Waals surface area (Å²) in [6, 6.07) is 0.117. The number of aliphatic hydroxyl groups excluding tert-OH is 1. The van der Waals surface area contributed by atoms with E-state index in [1.54, 1.807) is 0 Å². The summed E-state index contributed by atoms with van der Waals surface area (Å²) >= 11 is 0. The molecule has 0 aromatic carbocycles. The van der Waals surface area contributed by atoms with Gasteiger partial charge in [-0.25, -0.2) is 0 Å². The third kappa shape index (κ3) is 3.07. The zero-order valence-electron chi connectivity index (χ0n) is 17.7. The quantitative estimate of drug-likeness (QED) is 0.598. The lowest BCUT2D eigenvalue weighted by Crippen LogP contribution is -2.79. The van der Waals surface area contributed by atoms with Crippen LogP contribution >= 0.6 is 0 Å². The average molecular weight is 384 g/mol. The minimum absolute atomic E-state index is 0.0988. The molecule has 26 heavy (non-hydrogen) atoms. The number of hydrogen-bond donors (Lipinski definition) is 1. The Morgan fingerprint density at radius 2 is 1.92 bits per heavy atom. The van der Waals surface area contributed by atoms with Crippen molar-refractivity contribution >= 4 is 14.2 Å². The smallest absolute Gasteiger partial charge is 0.232 e. The maximum absolute atomic E-state index is 13.1. The third-order valence-corrected chi connectivity index (χ3v) is 11.8. The number of carbonyl (C=O) groups excluding carboxylic acids is 1. The Morgan fingerprint density at radius 1 is 1.31 bits per heavy atom. The van der Waals surface area contributed by atoms with Gasteiger partial charge in [-0.2, -0.15) is 0 Å². The number of aliphatic hydroxyl groups is 1. The van der Waals surface area contributed by atoms with Crippen LogP contribution in [-0.4, -0.2) is 54.3 Å². The monoisotopic (exact) mass is 383 g/mol. The molecule has 5 nitrogen and oxygen atoms in total. The molecule has 0 aromatic heterocycles. The second-order valence-corrected chi connectivity index (χ2v) is 15.3. The van der Waals surface area contributed by atoms with Crippen LogP contribution in [0, 0.1) is 11.8 Å². The highest BCUT2D eigenvalue weighted by molar-refractivity contribution is 6.74. The van der Waals surface area contributed by atoms with Gasteiger partial charge in [0.25, 0.3) is 0 Å². The second kappa shape index (κ2) is 6.29. The summed E-state index contributed by atoms with van der Waals surface area (Å²) in [7, 11) is -1.94. The highest BCUT2D eigenvalue weighted by Gasteiger charge is 2.64. The molecule has 150 valence electrons. The predicted molar refractivity (Wildman–Crippen MR) is 104 cm³/mol. The van der Waals surface area contributed by atoms with Crippen LogP contribution in [0.15, 0.2) is 0 Å². The number of nitrogens with zero attached hydrogens (tertiary/aromatic N) is 1. The molecule has 6 heteroatoms. The Hall–Kier alpha value is -0.433. The van der Waals surface area contributed by atoms with Gasteiger partial charge in [-0.05, 0) is 51.7 Å². The maximum atomic E-state index is 13.1. The molecule has 3 fully saturated rings. The Kier molecular flexibility index (Phi) is 4.91. The number of ether oxygens (including phenoxy) is 1. The fourth-order valence-electron chi connectivity index (χ4n) is 4.90. The largest absolute Gasteiger partial charge is 0.413 e. The molecule has 1 amide bonds. The molecular weight excluding hydrogens is 346 g/mol. The first kappa shape index (κ1) is 20.3. The van der Waals surface area contributed by atoms with Crippen molar-refractivity contribution in [1.82, 2.24) is 4.90 Å². The number of fused-ring (bicyclic) bond motifs is 3. The third-order valence-electron chi connectivity index (χ3n) is 7.26. The van der Waals surface area contributed by atoms with Crippen LogP contribution in [0.5, 0.6) is 0 Å². The summed E-state index contributed by atoms with van der Waals surface area (Å²) in [4.78, 5) is 15.0. The van der Waals surface area contributed by atoms with Crippen molar-refractivity contribution in [3.05, 3.63) is 0 Å². The van der Waals surface area contributed by atoms with Gasteiger partial charge in [0.15, 0.2) is 8.32 Å². The van der Waals surface area contributed by atoms with Crippen molar-refractivity contribution in [2.45, 2.75) is 109 Å². The molecule has 2 aliphatic heterocycles. The first-order chi connectivity index (χ1) is 11.8. The second-order valence-electron chi connectivity index (χ2n) is 10.5. The lowest BCUT2D eigenvalue weighted by atomic mass is 9.66. The van der Waals surface area contributed by atoms with Crippen molar-refractivity contribution < 1.29 is 19.1 Å². The number of hydrogen-bond acceptors (Lipinski definition) is 4. The summed E-state index contributed by atoms with van der Waals surface area (Å²) in [5.41, 5.74) is -0.658. The van der Waals surface area contributed by atoms with Gasteiger partial charge in [-0.3, -0.25) is 4.79 Å². The lowest BCUT2D eigenvalue weighted by molar-refractivity contribution is -0.300. The standard InChI is InChI=1S/C20H37NO4Si/c1-12(25-26(7,8)19(2,3)4)15-16-13-10-9-11-14(22)17(13)24-20(5,6)21(16)18(15)23/h12-17,22H,9-11H2,1-8H3/t12-,13?,14?,15-,16-,17?/m1/s1. The normalized spacial score (nSPS) is 38.3. The number of amides is 1. The van der Waals surface area contributed by atoms with Gasteiger partial charge < -0.3 is 19.2 Å². The van der Waals surface area contributed by atoms with Gasteiger partial charge in [0.1, 0.15) is 5.72 Å². The molecule has 1 saturated carbocycles. The molecule has 6 atom stereocenters. The summed E-state index contributed by atoms with van der Waals surface area (Å²) in [6.45, 7) is 17.1. The highest BCUT2D eigenvalue weighted by atomic mass is 28.4. The molecule has 3 rings (SSSR count). The molecule has 1 aliphatic carbocycles. The van der Waals surface area contributed by atoms with E-state index in [9.17, 15) is 9.90 Å². The van der Waals surface area contributed by atoms with Crippen LogP contribution in [0.1, 0.15) is 60.8 Å². The molecule has 0 bridgehead atoms. The van der Waals surface area contributed by atoms with Gasteiger partial charge in [0.05, 0.1) is 30.3 Å². The molecule has 2 saturated heterocycles. The van der Waals surface area contributed by atoms with Gasteiger partial charge in [0, 0.05) is 5.92 Å². The van der Waals surface area contributed by atoms with Gasteiger partial charge in [-0.1, -0.05) is 27.2 Å². The fourth-order valence-corrected chi connectivity index (χ4v) is 6.33. The summed E-state index contributed by atoms with van der Waals surface area (Å²) in [6.07, 6.45) is 2.10. The zero-order valence-corrected chi connectivity index (χ0v) is 18.7. The van der Waals surface area contributed by atoms with E-state index in [2.05, 4.69) is 40.8 Å². The number of rotatable bonds is 3. The van der Waals surface area contributed by atoms with E-state index in [1.165, 1.54) is 0 Å². The van der Waals surface area contributed by atoms with Crippen molar-refractivity contribution in [1.29, 1.82) is 0 Å². The van der Waals surface area contributed by atoms with E-state index in [0.717, 1.165) is 19.3 Å². The first-order valence-electron chi connectivity index (χ1n) is 10.1. The fraction of sp³-hybridized carbons (Fsp3) is 0.950. The van der Waals surface area contributed by atoms with Crippen molar-refractivity contribution in [2.24, 2.45) is 11.8 Å². The SMILES string of the molecule is C[C@@H](O[Si](C)(C)C(C)(C)C)[C@H]1C(=O)N2[C@@H]1C1CCCC(O)C1OC2(C)C. The van der Waals surface area contributed by atoms with Crippen LogP contribution in [0.25, 0.3) is 0 Å². The average Bonchev–Trinajstić information content (AvgIpc) is 2.44. The van der Waals surface area contributed by atoms with E-state index in [1.807, 2.05) is 18.7 Å². The Bertz CT molecular complexity index is 571. The number of β-lactam (4-membered cyclic amide) rings is 1. The molecule has 0 aromatic rings. The van der Waals surface area contributed by atoms with E-state index in [0.29, 0.717) is 0 Å². The van der Waals surface area contributed by atoms with Crippen LogP contribution in [0.4, 0.5) is 0 Å². The summed E-state index contributed by atoms with van der Waals surface area (Å²) in [5.74, 6) is 0.231.